The standard InChI is InChI=1S/C53H94O9/c1-3-5-7-9-11-13-15-17-19-21-22-23-24-25-27-29-31-33-35-37-39-41-43-59-45-47(46-60-53-52(58)51(57)50(56)48(44-54)62-53)61-49(55)42-40-38-36-34-32-30-28-26-20-18-16-14-12-10-8-6-4-2/h12,14-15,17-18,20-22,24-25,47-48,50-54,56-58H,3-11,13,16,19,23,26-46H2,1-2H3/b14-12-,17-15-,20-18-,22-21-,25-24-. The molecule has 1 fully saturated rings. The lowest BCUT2D eigenvalue weighted by atomic mass is 9.99. The van der Waals surface area contributed by atoms with Gasteiger partial charge in [-0.25, -0.2) is 0 Å². The van der Waals surface area contributed by atoms with Crippen molar-refractivity contribution in [2.75, 3.05) is 26.4 Å². The maximum absolute atomic E-state index is 12.8. The van der Waals surface area contributed by atoms with Gasteiger partial charge in [0, 0.05) is 13.0 Å². The summed E-state index contributed by atoms with van der Waals surface area (Å²) in [7, 11) is 0. The normalized spacial score (nSPS) is 20.3. The summed E-state index contributed by atoms with van der Waals surface area (Å²) in [5.41, 5.74) is 0. The van der Waals surface area contributed by atoms with Gasteiger partial charge in [-0.1, -0.05) is 177 Å². The van der Waals surface area contributed by atoms with Crippen LogP contribution in [-0.4, -0.2) is 89.6 Å². The van der Waals surface area contributed by atoms with E-state index in [4.69, 9.17) is 18.9 Å². The first-order chi connectivity index (χ1) is 30.4. The molecule has 0 saturated carbocycles. The fraction of sp³-hybridized carbons (Fsp3) is 0.792. The molecule has 0 bridgehead atoms. The molecule has 1 aliphatic rings. The molecule has 62 heavy (non-hydrogen) atoms. The molecule has 360 valence electrons. The van der Waals surface area contributed by atoms with Crippen molar-refractivity contribution < 1.29 is 44.2 Å². The van der Waals surface area contributed by atoms with Gasteiger partial charge in [-0.15, -0.1) is 0 Å². The second kappa shape index (κ2) is 44.1. The van der Waals surface area contributed by atoms with E-state index in [1.807, 2.05) is 0 Å². The third-order valence-electron chi connectivity index (χ3n) is 11.4. The molecule has 1 rings (SSSR count). The van der Waals surface area contributed by atoms with Crippen LogP contribution in [0.2, 0.25) is 0 Å². The Labute approximate surface area is 379 Å². The van der Waals surface area contributed by atoms with Crippen LogP contribution in [0.3, 0.4) is 0 Å². The van der Waals surface area contributed by atoms with Crippen LogP contribution in [0.1, 0.15) is 206 Å². The molecule has 6 unspecified atom stereocenters. The second-order valence-corrected chi connectivity index (χ2v) is 17.3. The highest BCUT2D eigenvalue weighted by Crippen LogP contribution is 2.22. The molecule has 9 nitrogen and oxygen atoms in total. The summed E-state index contributed by atoms with van der Waals surface area (Å²) >= 11 is 0. The molecule has 9 heteroatoms. The lowest BCUT2D eigenvalue weighted by Gasteiger charge is -2.39. The van der Waals surface area contributed by atoms with Gasteiger partial charge in [0.05, 0.1) is 19.8 Å². The number of hydrogen-bond acceptors (Lipinski definition) is 9. The summed E-state index contributed by atoms with van der Waals surface area (Å²) in [6.45, 7) is 4.50. The van der Waals surface area contributed by atoms with Crippen LogP contribution in [0.15, 0.2) is 60.8 Å². The smallest absolute Gasteiger partial charge is 0.306 e. The van der Waals surface area contributed by atoms with Crippen molar-refractivity contribution in [2.45, 2.75) is 243 Å². The predicted molar refractivity (Wildman–Crippen MR) is 256 cm³/mol. The van der Waals surface area contributed by atoms with Gasteiger partial charge in [0.2, 0.25) is 0 Å². The zero-order valence-electron chi connectivity index (χ0n) is 39.6. The van der Waals surface area contributed by atoms with E-state index < -0.39 is 43.4 Å². The minimum absolute atomic E-state index is 0.123. The maximum Gasteiger partial charge on any atom is 0.306 e. The highest BCUT2D eigenvalue weighted by Gasteiger charge is 2.44. The van der Waals surface area contributed by atoms with Crippen LogP contribution in [0.25, 0.3) is 0 Å². The summed E-state index contributed by atoms with van der Waals surface area (Å²) in [6, 6.07) is 0. The number of aliphatic hydroxyl groups is 4. The van der Waals surface area contributed by atoms with E-state index >= 15 is 0 Å². The zero-order chi connectivity index (χ0) is 45.0. The molecular formula is C53H94O9. The Morgan fingerprint density at radius 1 is 0.516 bits per heavy atom. The Morgan fingerprint density at radius 3 is 1.44 bits per heavy atom. The van der Waals surface area contributed by atoms with Crippen molar-refractivity contribution in [3.8, 4) is 0 Å². The number of unbranched alkanes of at least 4 members (excludes halogenated alkanes) is 22. The van der Waals surface area contributed by atoms with E-state index in [1.54, 1.807) is 0 Å². The fourth-order valence-corrected chi connectivity index (χ4v) is 7.41. The summed E-state index contributed by atoms with van der Waals surface area (Å²) in [6.07, 6.45) is 49.6. The first-order valence-corrected chi connectivity index (χ1v) is 25.4. The van der Waals surface area contributed by atoms with Gasteiger partial charge in [0.15, 0.2) is 6.29 Å². The van der Waals surface area contributed by atoms with Crippen molar-refractivity contribution in [3.63, 3.8) is 0 Å². The molecular weight excluding hydrogens is 781 g/mol. The zero-order valence-corrected chi connectivity index (χ0v) is 39.6. The molecule has 0 radical (unpaired) electrons. The second-order valence-electron chi connectivity index (χ2n) is 17.3. The monoisotopic (exact) mass is 875 g/mol. The fourth-order valence-electron chi connectivity index (χ4n) is 7.41. The molecule has 0 amide bonds. The third-order valence-corrected chi connectivity index (χ3v) is 11.4. The van der Waals surface area contributed by atoms with Crippen LogP contribution < -0.4 is 0 Å². The van der Waals surface area contributed by atoms with Crippen molar-refractivity contribution in [3.05, 3.63) is 60.8 Å². The summed E-state index contributed by atoms with van der Waals surface area (Å²) < 4.78 is 22.9. The number of esters is 1. The number of ether oxygens (including phenoxy) is 4. The minimum atomic E-state index is -1.54. The Morgan fingerprint density at radius 2 is 0.935 bits per heavy atom. The van der Waals surface area contributed by atoms with E-state index in [-0.39, 0.29) is 19.2 Å². The van der Waals surface area contributed by atoms with Gasteiger partial charge in [-0.05, 0) is 83.5 Å². The van der Waals surface area contributed by atoms with Gasteiger partial charge < -0.3 is 39.4 Å². The number of rotatable bonds is 43. The Bertz CT molecular complexity index is 1130. The molecule has 6 atom stereocenters. The van der Waals surface area contributed by atoms with Gasteiger partial charge in [0.1, 0.15) is 30.5 Å². The van der Waals surface area contributed by atoms with Gasteiger partial charge in [-0.3, -0.25) is 4.79 Å². The lowest BCUT2D eigenvalue weighted by Crippen LogP contribution is -2.59. The van der Waals surface area contributed by atoms with E-state index in [0.29, 0.717) is 13.0 Å². The minimum Gasteiger partial charge on any atom is -0.457 e. The van der Waals surface area contributed by atoms with Crippen molar-refractivity contribution in [2.24, 2.45) is 0 Å². The number of allylic oxidation sites excluding steroid dienone is 10. The first-order valence-electron chi connectivity index (χ1n) is 25.4. The van der Waals surface area contributed by atoms with Crippen molar-refractivity contribution in [1.82, 2.24) is 0 Å². The van der Waals surface area contributed by atoms with E-state index in [1.165, 1.54) is 109 Å². The highest BCUT2D eigenvalue weighted by atomic mass is 16.7. The lowest BCUT2D eigenvalue weighted by molar-refractivity contribution is -0.305. The van der Waals surface area contributed by atoms with E-state index in [2.05, 4.69) is 74.6 Å². The molecule has 0 spiro atoms. The predicted octanol–water partition coefficient (Wildman–Crippen LogP) is 12.3. The van der Waals surface area contributed by atoms with Crippen LogP contribution in [0.5, 0.6) is 0 Å². The molecule has 1 aliphatic heterocycles. The highest BCUT2D eigenvalue weighted by molar-refractivity contribution is 5.69. The maximum atomic E-state index is 12.8. The molecule has 1 heterocycles. The number of carbonyl (C=O) groups excluding carboxylic acids is 1. The number of hydrogen-bond donors (Lipinski definition) is 4. The van der Waals surface area contributed by atoms with Gasteiger partial charge in [0.25, 0.3) is 0 Å². The molecule has 0 aromatic rings. The molecule has 0 aromatic heterocycles. The van der Waals surface area contributed by atoms with Crippen LogP contribution >= 0.6 is 0 Å². The number of aliphatic hydroxyl groups excluding tert-OH is 4. The largest absolute Gasteiger partial charge is 0.457 e. The SMILES string of the molecule is CCCCC/C=C\C/C=C\CCCCCCCCCC(=O)OC(COCCCCCCCCC/C=C\C/C=C\C/C=C\CCCCCCC)COC1OC(CO)C(O)C(O)C1O. The number of carbonyl (C=O) groups is 1. The molecule has 0 aliphatic carbocycles. The van der Waals surface area contributed by atoms with E-state index in [9.17, 15) is 25.2 Å². The third kappa shape index (κ3) is 34.3. The quantitative estimate of drug-likeness (QED) is 0.0268. The molecule has 0 aromatic carbocycles. The Balaban J connectivity index is 2.23. The van der Waals surface area contributed by atoms with Crippen LogP contribution in [0, 0.1) is 0 Å². The first kappa shape index (κ1) is 57.9. The average molecular weight is 875 g/mol. The van der Waals surface area contributed by atoms with Crippen molar-refractivity contribution >= 4 is 5.97 Å². The van der Waals surface area contributed by atoms with Crippen LogP contribution in [0.4, 0.5) is 0 Å². The van der Waals surface area contributed by atoms with Crippen LogP contribution in [-0.2, 0) is 23.7 Å². The van der Waals surface area contributed by atoms with Gasteiger partial charge >= 0.3 is 5.97 Å². The summed E-state index contributed by atoms with van der Waals surface area (Å²) in [4.78, 5) is 12.8. The van der Waals surface area contributed by atoms with Crippen molar-refractivity contribution in [1.29, 1.82) is 0 Å². The average Bonchev–Trinajstić information content (AvgIpc) is 3.27. The molecule has 1 saturated heterocycles. The Hall–Kier alpha value is -2.11. The Kier molecular flexibility index (Phi) is 41.2. The summed E-state index contributed by atoms with van der Waals surface area (Å²) in [5.74, 6) is -0.326. The topological polar surface area (TPSA) is 135 Å². The van der Waals surface area contributed by atoms with E-state index in [0.717, 1.165) is 77.0 Å². The molecule has 4 N–H and O–H groups in total. The van der Waals surface area contributed by atoms with Gasteiger partial charge in [-0.2, -0.15) is 0 Å². The summed E-state index contributed by atoms with van der Waals surface area (Å²) in [5, 5.41) is 40.2.